The van der Waals surface area contributed by atoms with Gasteiger partial charge in [0.1, 0.15) is 0 Å². The van der Waals surface area contributed by atoms with Crippen molar-refractivity contribution in [2.24, 2.45) is 0 Å². The molecule has 2 rings (SSSR count). The van der Waals surface area contributed by atoms with E-state index in [1.807, 2.05) is 52.0 Å². The molecule has 5 nitrogen and oxygen atoms in total. The molecule has 0 saturated carbocycles. The lowest BCUT2D eigenvalue weighted by Crippen LogP contribution is -2.41. The van der Waals surface area contributed by atoms with Gasteiger partial charge in [-0.05, 0) is 45.6 Å². The van der Waals surface area contributed by atoms with Crippen LogP contribution in [-0.4, -0.2) is 42.1 Å². The summed E-state index contributed by atoms with van der Waals surface area (Å²) in [4.78, 5) is 11.1. The Balaban J connectivity index is 2.07. The molecule has 1 saturated heterocycles. The summed E-state index contributed by atoms with van der Waals surface area (Å²) in [6.07, 6.45) is -0.477. The normalized spacial score (nSPS) is 20.5. The Labute approximate surface area is 138 Å². The van der Waals surface area contributed by atoms with E-state index >= 15 is 0 Å². The maximum absolute atomic E-state index is 11.1. The Bertz CT molecular complexity index is 537. The van der Waals surface area contributed by atoms with Crippen LogP contribution in [0.4, 0.5) is 0 Å². The number of hydrogen-bond acceptors (Lipinski definition) is 4. The molecule has 126 valence electrons. The summed E-state index contributed by atoms with van der Waals surface area (Å²) >= 11 is 0. The van der Waals surface area contributed by atoms with Crippen LogP contribution in [0.3, 0.4) is 0 Å². The number of benzene rings is 1. The molecule has 0 aromatic heterocycles. The van der Waals surface area contributed by atoms with Gasteiger partial charge < -0.3 is 19.2 Å². The number of hydrogen-bond donors (Lipinski definition) is 1. The van der Waals surface area contributed by atoms with Crippen LogP contribution in [-0.2, 0) is 25.3 Å². The fraction of sp³-hybridized carbons (Fsp3) is 0.588. The fourth-order valence-electron chi connectivity index (χ4n) is 2.42. The third kappa shape index (κ3) is 3.94. The smallest absolute Gasteiger partial charge is 0.479 e. The highest BCUT2D eigenvalue weighted by Gasteiger charge is 2.51. The van der Waals surface area contributed by atoms with Crippen molar-refractivity contribution < 1.29 is 23.9 Å². The van der Waals surface area contributed by atoms with E-state index < -0.39 is 19.2 Å². The molecule has 1 aromatic rings. The molecule has 1 fully saturated rings. The highest BCUT2D eigenvalue weighted by Crippen LogP contribution is 2.36. The lowest BCUT2D eigenvalue weighted by Gasteiger charge is -2.32. The lowest BCUT2D eigenvalue weighted by atomic mass is 9.78. The number of carboxylic acid groups (broad SMARTS) is 1. The van der Waals surface area contributed by atoms with Gasteiger partial charge in [-0.1, -0.05) is 24.3 Å². The predicted molar refractivity (Wildman–Crippen MR) is 88.9 cm³/mol. The summed E-state index contributed by atoms with van der Waals surface area (Å²) in [6, 6.07) is 7.63. The van der Waals surface area contributed by atoms with Gasteiger partial charge in [-0.3, -0.25) is 0 Å². The summed E-state index contributed by atoms with van der Waals surface area (Å²) in [6.45, 7) is 10.2. The molecule has 1 heterocycles. The van der Waals surface area contributed by atoms with Crippen LogP contribution in [0.1, 0.15) is 40.2 Å². The summed E-state index contributed by atoms with van der Waals surface area (Å²) in [5, 5.41) is 9.14. The predicted octanol–water partition coefficient (Wildman–Crippen LogP) is 2.02. The molecule has 6 heteroatoms. The third-order valence-corrected chi connectivity index (χ3v) is 4.57. The van der Waals surface area contributed by atoms with E-state index in [0.29, 0.717) is 13.0 Å². The van der Waals surface area contributed by atoms with E-state index in [1.165, 1.54) is 0 Å². The van der Waals surface area contributed by atoms with Crippen LogP contribution in [0.25, 0.3) is 0 Å². The van der Waals surface area contributed by atoms with Crippen molar-refractivity contribution >= 4 is 18.6 Å². The molecule has 1 N–H and O–H groups in total. The van der Waals surface area contributed by atoms with Gasteiger partial charge in [0, 0.05) is 13.0 Å². The molecule has 1 aromatic carbocycles. The molecule has 23 heavy (non-hydrogen) atoms. The Kier molecular flexibility index (Phi) is 5.18. The molecular formula is C17H25BO5. The first-order valence-electron chi connectivity index (χ1n) is 7.95. The summed E-state index contributed by atoms with van der Waals surface area (Å²) in [7, 11) is -0.406. The van der Waals surface area contributed by atoms with Gasteiger partial charge in [0.15, 0.2) is 6.10 Å². The quantitative estimate of drug-likeness (QED) is 0.813. The van der Waals surface area contributed by atoms with E-state index in [0.717, 1.165) is 11.0 Å². The molecule has 0 bridgehead atoms. The number of carboxylic acids is 1. The van der Waals surface area contributed by atoms with E-state index in [4.69, 9.17) is 19.2 Å². The summed E-state index contributed by atoms with van der Waals surface area (Å²) < 4.78 is 17.3. The maximum atomic E-state index is 11.1. The molecule has 1 atom stereocenters. The average Bonchev–Trinajstić information content (AvgIpc) is 2.67. The molecule has 1 unspecified atom stereocenters. The van der Waals surface area contributed by atoms with Crippen molar-refractivity contribution in [2.45, 2.75) is 58.3 Å². The van der Waals surface area contributed by atoms with Gasteiger partial charge in [0.25, 0.3) is 0 Å². The topological polar surface area (TPSA) is 65.0 Å². The van der Waals surface area contributed by atoms with Crippen molar-refractivity contribution in [3.8, 4) is 0 Å². The van der Waals surface area contributed by atoms with Gasteiger partial charge in [-0.15, -0.1) is 0 Å². The average molecular weight is 320 g/mol. The zero-order valence-corrected chi connectivity index (χ0v) is 14.5. The minimum Gasteiger partial charge on any atom is -0.479 e. The Morgan fingerprint density at radius 2 is 1.70 bits per heavy atom. The van der Waals surface area contributed by atoms with E-state index in [1.54, 1.807) is 6.92 Å². The molecule has 0 radical (unpaired) electrons. The Morgan fingerprint density at radius 3 is 2.13 bits per heavy atom. The minimum atomic E-state index is -0.943. The zero-order valence-electron chi connectivity index (χ0n) is 14.5. The maximum Gasteiger partial charge on any atom is 0.494 e. The third-order valence-electron chi connectivity index (χ3n) is 4.57. The fourth-order valence-corrected chi connectivity index (χ4v) is 2.42. The first-order chi connectivity index (χ1) is 10.7. The highest BCUT2D eigenvalue weighted by atomic mass is 16.7. The number of aliphatic carboxylic acids is 1. The van der Waals surface area contributed by atoms with Crippen LogP contribution < -0.4 is 5.46 Å². The van der Waals surface area contributed by atoms with Crippen molar-refractivity contribution in [1.82, 2.24) is 0 Å². The number of ether oxygens (including phenoxy) is 1. The number of rotatable bonds is 6. The molecule has 0 amide bonds. The zero-order chi connectivity index (χ0) is 17.3. The van der Waals surface area contributed by atoms with Gasteiger partial charge >= 0.3 is 13.1 Å². The van der Waals surface area contributed by atoms with Crippen molar-refractivity contribution in [3.63, 3.8) is 0 Å². The van der Waals surface area contributed by atoms with Crippen LogP contribution in [0.5, 0.6) is 0 Å². The highest BCUT2D eigenvalue weighted by molar-refractivity contribution is 6.62. The largest absolute Gasteiger partial charge is 0.494 e. The Hall–Kier alpha value is -1.37. The minimum absolute atomic E-state index is 0.340. The first-order valence-corrected chi connectivity index (χ1v) is 7.95. The standard InChI is InChI=1S/C17H25BO5/c1-6-21-14(15(19)20)11-12-7-9-13(10-8-12)18-22-16(2,3)17(4,5)23-18/h7-10,14H,6,11H2,1-5H3,(H,19,20). The summed E-state index contributed by atoms with van der Waals surface area (Å²) in [5.74, 6) is -0.943. The SMILES string of the molecule is CCOC(Cc1ccc(B2OC(C)(C)C(C)(C)O2)cc1)C(=O)O. The van der Waals surface area contributed by atoms with Gasteiger partial charge in [0.05, 0.1) is 11.2 Å². The monoisotopic (exact) mass is 320 g/mol. The van der Waals surface area contributed by atoms with Gasteiger partial charge in [0.2, 0.25) is 0 Å². The van der Waals surface area contributed by atoms with E-state index in [9.17, 15) is 4.79 Å². The summed E-state index contributed by atoms with van der Waals surface area (Å²) in [5.41, 5.74) is 1.08. The van der Waals surface area contributed by atoms with Crippen molar-refractivity contribution in [3.05, 3.63) is 29.8 Å². The van der Waals surface area contributed by atoms with E-state index in [-0.39, 0.29) is 11.2 Å². The van der Waals surface area contributed by atoms with E-state index in [2.05, 4.69) is 0 Å². The van der Waals surface area contributed by atoms with Crippen LogP contribution in [0.2, 0.25) is 0 Å². The Morgan fingerprint density at radius 1 is 1.17 bits per heavy atom. The molecule has 1 aliphatic rings. The van der Waals surface area contributed by atoms with Crippen molar-refractivity contribution in [2.75, 3.05) is 6.61 Å². The molecule has 1 aliphatic heterocycles. The van der Waals surface area contributed by atoms with Crippen LogP contribution >= 0.6 is 0 Å². The van der Waals surface area contributed by atoms with Crippen LogP contribution in [0, 0.1) is 0 Å². The second-order valence-corrected chi connectivity index (χ2v) is 6.82. The second kappa shape index (κ2) is 6.63. The number of carbonyl (C=O) groups is 1. The molecule has 0 spiro atoms. The molecular weight excluding hydrogens is 295 g/mol. The second-order valence-electron chi connectivity index (χ2n) is 6.82. The van der Waals surface area contributed by atoms with Gasteiger partial charge in [-0.25, -0.2) is 4.79 Å². The van der Waals surface area contributed by atoms with Crippen LogP contribution in [0.15, 0.2) is 24.3 Å². The van der Waals surface area contributed by atoms with Gasteiger partial charge in [-0.2, -0.15) is 0 Å². The first kappa shape index (κ1) is 18.0. The molecule has 0 aliphatic carbocycles. The lowest BCUT2D eigenvalue weighted by molar-refractivity contribution is -0.149. The van der Waals surface area contributed by atoms with Crippen molar-refractivity contribution in [1.29, 1.82) is 0 Å².